The molecule has 7 atom stereocenters. The first-order valence-corrected chi connectivity index (χ1v) is 13.0. The van der Waals surface area contributed by atoms with E-state index in [-0.39, 0.29) is 52.8 Å². The van der Waals surface area contributed by atoms with Crippen LogP contribution in [0.1, 0.15) is 79.6 Å². The summed E-state index contributed by atoms with van der Waals surface area (Å²) in [5.74, 6) is -0.656. The number of aliphatic hydroxyl groups is 2. The molecule has 5 aliphatic rings. The number of rotatable bonds is 1. The molecule has 184 valence electrons. The fraction of sp³-hybridized carbons (Fsp3) is 0.759. The molecule has 0 aromatic heterocycles. The van der Waals surface area contributed by atoms with Crippen LogP contribution in [0.25, 0.3) is 0 Å². The lowest BCUT2D eigenvalue weighted by Crippen LogP contribution is -2.71. The van der Waals surface area contributed by atoms with Gasteiger partial charge in [-0.05, 0) is 73.7 Å². The molecule has 0 aliphatic heterocycles. The average Bonchev–Trinajstić information content (AvgIpc) is 2.78. The number of nitriles is 1. The lowest BCUT2D eigenvalue weighted by Gasteiger charge is -2.67. The van der Waals surface area contributed by atoms with Gasteiger partial charge in [0.05, 0.1) is 5.57 Å². The predicted octanol–water partition coefficient (Wildman–Crippen LogP) is 4.53. The van der Waals surface area contributed by atoms with Gasteiger partial charge >= 0.3 is 0 Å². The highest BCUT2D eigenvalue weighted by molar-refractivity contribution is 6.04. The largest absolute Gasteiger partial charge is 0.396 e. The van der Waals surface area contributed by atoms with Crippen LogP contribution >= 0.6 is 0 Å². The summed E-state index contributed by atoms with van der Waals surface area (Å²) >= 11 is 0. The average molecular weight is 466 g/mol. The van der Waals surface area contributed by atoms with E-state index in [0.717, 1.165) is 44.1 Å². The van der Waals surface area contributed by atoms with E-state index in [1.54, 1.807) is 6.08 Å². The van der Waals surface area contributed by atoms with Crippen molar-refractivity contribution in [2.75, 3.05) is 6.61 Å². The van der Waals surface area contributed by atoms with Crippen molar-refractivity contribution in [3.8, 4) is 6.07 Å². The summed E-state index contributed by atoms with van der Waals surface area (Å²) in [5.41, 5.74) is -1.97. The minimum Gasteiger partial charge on any atom is -0.396 e. The summed E-state index contributed by atoms with van der Waals surface area (Å²) in [7, 11) is 0. The molecule has 5 aliphatic carbocycles. The van der Waals surface area contributed by atoms with Gasteiger partial charge in [0.15, 0.2) is 11.6 Å². The van der Waals surface area contributed by atoms with E-state index >= 15 is 0 Å². The summed E-state index contributed by atoms with van der Waals surface area (Å²) in [4.78, 5) is 27.0. The van der Waals surface area contributed by atoms with E-state index in [2.05, 4.69) is 26.8 Å². The molecular formula is C29H39NO4. The van der Waals surface area contributed by atoms with Crippen molar-refractivity contribution in [2.24, 2.45) is 45.3 Å². The third-order valence-electron chi connectivity index (χ3n) is 11.3. The van der Waals surface area contributed by atoms with Crippen molar-refractivity contribution in [2.45, 2.75) is 85.2 Å². The van der Waals surface area contributed by atoms with Crippen LogP contribution in [0, 0.1) is 56.7 Å². The van der Waals surface area contributed by atoms with Crippen molar-refractivity contribution in [1.82, 2.24) is 0 Å². The highest BCUT2D eigenvalue weighted by atomic mass is 16.3. The van der Waals surface area contributed by atoms with Crippen LogP contribution in [0.5, 0.6) is 0 Å². The number of Topliss-reactive ketones (excluding diaryl/α,β-unsaturated/α-hetero) is 1. The highest BCUT2D eigenvalue weighted by Gasteiger charge is 2.71. The molecular weight excluding hydrogens is 426 g/mol. The molecule has 0 heterocycles. The molecule has 0 saturated heterocycles. The van der Waals surface area contributed by atoms with Gasteiger partial charge in [-0.1, -0.05) is 46.3 Å². The Morgan fingerprint density at radius 3 is 2.38 bits per heavy atom. The van der Waals surface area contributed by atoms with Crippen molar-refractivity contribution in [3.63, 3.8) is 0 Å². The number of allylic oxidation sites excluding steroid dienone is 3. The lowest BCUT2D eigenvalue weighted by molar-refractivity contribution is -0.233. The van der Waals surface area contributed by atoms with Crippen LogP contribution in [0.4, 0.5) is 0 Å². The molecule has 5 nitrogen and oxygen atoms in total. The highest BCUT2D eigenvalue weighted by Crippen LogP contribution is 2.69. The molecule has 0 spiro atoms. The Bertz CT molecular complexity index is 1060. The molecule has 0 radical (unpaired) electrons. The molecule has 0 aromatic carbocycles. The van der Waals surface area contributed by atoms with Gasteiger partial charge in [-0.3, -0.25) is 9.59 Å². The fourth-order valence-corrected chi connectivity index (χ4v) is 8.96. The second kappa shape index (κ2) is 7.14. The van der Waals surface area contributed by atoms with E-state index in [4.69, 9.17) is 0 Å². The number of nitrogens with zero attached hydrogens (tertiary/aromatic N) is 1. The first kappa shape index (κ1) is 23.9. The zero-order valence-electron chi connectivity index (χ0n) is 21.3. The third kappa shape index (κ3) is 2.79. The minimum absolute atomic E-state index is 0.00984. The normalized spacial score (nSPS) is 46.6. The zero-order chi connectivity index (χ0) is 24.9. The van der Waals surface area contributed by atoms with Gasteiger partial charge in [-0.2, -0.15) is 5.26 Å². The van der Waals surface area contributed by atoms with Crippen LogP contribution in [0.3, 0.4) is 0 Å². The number of carbonyl (C=O) groups excluding carboxylic acids is 2. The van der Waals surface area contributed by atoms with Gasteiger partial charge in [-0.15, -0.1) is 0 Å². The van der Waals surface area contributed by atoms with Crippen LogP contribution in [-0.2, 0) is 9.59 Å². The maximum absolute atomic E-state index is 14.0. The molecule has 0 bridgehead atoms. The number of carbonyl (C=O) groups is 2. The maximum Gasteiger partial charge on any atom is 0.188 e. The van der Waals surface area contributed by atoms with Gasteiger partial charge in [0, 0.05) is 29.3 Å². The first-order chi connectivity index (χ1) is 15.8. The molecule has 0 aromatic rings. The summed E-state index contributed by atoms with van der Waals surface area (Å²) < 4.78 is 0. The van der Waals surface area contributed by atoms with Crippen LogP contribution < -0.4 is 0 Å². The maximum atomic E-state index is 14.0. The molecule has 34 heavy (non-hydrogen) atoms. The molecule has 2 N–H and O–H groups in total. The van der Waals surface area contributed by atoms with Gasteiger partial charge in [0.25, 0.3) is 0 Å². The SMILES string of the molecule is CC1(C)CC[C@]2(CO)CC[C@@]3(C)C4CC[C@@H]5C(C=C(C#N)C(=O)C5(C)C)C4=CC(=O)C3(O)C2C1. The summed E-state index contributed by atoms with van der Waals surface area (Å²) in [5, 5.41) is 32.7. The Morgan fingerprint density at radius 2 is 1.74 bits per heavy atom. The standard InChI is InChI=1S/C29H39NO4/c1-25(2)8-10-28(16-31)11-9-27(5)21-7-6-20-18(12-17(15-30)24(33)26(20,3)4)19(21)13-23(32)29(27,34)22(28)14-25/h12-13,18,20-22,31,34H,6-11,14,16H2,1-5H3/t18?,20-,21?,22?,27+,28-,29?/m1/s1. The smallest absolute Gasteiger partial charge is 0.188 e. The van der Waals surface area contributed by atoms with Crippen molar-refractivity contribution in [3.05, 3.63) is 23.3 Å². The summed E-state index contributed by atoms with van der Waals surface area (Å²) in [6.45, 7) is 10.4. The first-order valence-electron chi connectivity index (χ1n) is 13.0. The second-order valence-electron chi connectivity index (χ2n) is 13.6. The van der Waals surface area contributed by atoms with Crippen LogP contribution in [-0.4, -0.2) is 34.0 Å². The number of hydrogen-bond donors (Lipinski definition) is 2. The molecule has 5 heteroatoms. The third-order valence-corrected chi connectivity index (χ3v) is 11.3. The summed E-state index contributed by atoms with van der Waals surface area (Å²) in [6.07, 6.45) is 9.23. The number of aliphatic hydroxyl groups excluding tert-OH is 1. The monoisotopic (exact) mass is 465 g/mol. The Kier molecular flexibility index (Phi) is 5.03. The Hall–Kier alpha value is -1.77. The van der Waals surface area contributed by atoms with E-state index in [1.807, 2.05) is 19.9 Å². The number of fused-ring (bicyclic) bond motifs is 7. The van der Waals surface area contributed by atoms with E-state index in [0.29, 0.717) is 6.42 Å². The van der Waals surface area contributed by atoms with Gasteiger partial charge in [0.2, 0.25) is 0 Å². The van der Waals surface area contributed by atoms with Gasteiger partial charge < -0.3 is 10.2 Å². The Labute approximate surface area is 203 Å². The number of ketones is 2. The van der Waals surface area contributed by atoms with Crippen LogP contribution in [0.15, 0.2) is 23.3 Å². The second-order valence-corrected chi connectivity index (χ2v) is 13.6. The van der Waals surface area contributed by atoms with Gasteiger partial charge in [0.1, 0.15) is 11.7 Å². The Balaban J connectivity index is 1.65. The fourth-order valence-electron chi connectivity index (χ4n) is 8.96. The molecule has 4 unspecified atom stereocenters. The zero-order valence-corrected chi connectivity index (χ0v) is 21.3. The van der Waals surface area contributed by atoms with E-state index in [1.165, 1.54) is 0 Å². The summed E-state index contributed by atoms with van der Waals surface area (Å²) in [6, 6.07) is 2.10. The molecule has 3 fully saturated rings. The topological polar surface area (TPSA) is 98.4 Å². The van der Waals surface area contributed by atoms with E-state index in [9.17, 15) is 25.1 Å². The van der Waals surface area contributed by atoms with E-state index < -0.39 is 21.8 Å². The van der Waals surface area contributed by atoms with Gasteiger partial charge in [-0.25, -0.2) is 0 Å². The molecule has 3 saturated carbocycles. The van der Waals surface area contributed by atoms with Crippen molar-refractivity contribution in [1.29, 1.82) is 5.26 Å². The number of hydrogen-bond acceptors (Lipinski definition) is 5. The predicted molar refractivity (Wildman–Crippen MR) is 128 cm³/mol. The molecule has 5 rings (SSSR count). The lowest BCUT2D eigenvalue weighted by atomic mass is 9.38. The van der Waals surface area contributed by atoms with Crippen LogP contribution in [0.2, 0.25) is 0 Å². The Morgan fingerprint density at radius 1 is 1.06 bits per heavy atom. The van der Waals surface area contributed by atoms with Crippen molar-refractivity contribution < 1.29 is 19.8 Å². The molecule has 0 amide bonds. The van der Waals surface area contributed by atoms with Crippen molar-refractivity contribution >= 4 is 11.6 Å². The quantitative estimate of drug-likeness (QED) is 0.593. The minimum atomic E-state index is -1.51.